The van der Waals surface area contributed by atoms with E-state index < -0.39 is 0 Å². The van der Waals surface area contributed by atoms with E-state index >= 15 is 0 Å². The van der Waals surface area contributed by atoms with Gasteiger partial charge in [-0.05, 0) is 54.0 Å². The maximum atomic E-state index is 2.67. The third-order valence-electron chi connectivity index (χ3n) is 4.76. The highest BCUT2D eigenvalue weighted by Crippen LogP contribution is 2.23. The van der Waals surface area contributed by atoms with Crippen LogP contribution in [0.2, 0.25) is 0 Å². The van der Waals surface area contributed by atoms with Crippen molar-refractivity contribution in [2.24, 2.45) is 11.8 Å². The van der Waals surface area contributed by atoms with Gasteiger partial charge in [0.15, 0.2) is 0 Å². The van der Waals surface area contributed by atoms with E-state index in [1.54, 1.807) is 0 Å². The Labute approximate surface area is 129 Å². The Balaban J connectivity index is 1.67. The first-order chi connectivity index (χ1) is 10.2. The average Bonchev–Trinajstić information content (AvgIpc) is 2.47. The van der Waals surface area contributed by atoms with Gasteiger partial charge in [-0.15, -0.1) is 0 Å². The van der Waals surface area contributed by atoms with Gasteiger partial charge in [-0.3, -0.25) is 0 Å². The number of hydrogen-bond acceptors (Lipinski definition) is 1. The van der Waals surface area contributed by atoms with E-state index in [1.807, 2.05) is 0 Å². The van der Waals surface area contributed by atoms with Crippen molar-refractivity contribution >= 4 is 10.8 Å². The molecular weight excluding hydrogens is 254 g/mol. The lowest BCUT2D eigenvalue weighted by atomic mass is 9.94. The van der Waals surface area contributed by atoms with Gasteiger partial charge in [-0.25, -0.2) is 0 Å². The van der Waals surface area contributed by atoms with Crippen molar-refractivity contribution in [1.29, 1.82) is 0 Å². The molecule has 0 aliphatic carbocycles. The van der Waals surface area contributed by atoms with Crippen molar-refractivity contribution in [2.45, 2.75) is 33.1 Å². The first-order valence-corrected chi connectivity index (χ1v) is 8.41. The fourth-order valence-electron chi connectivity index (χ4n) is 3.80. The van der Waals surface area contributed by atoms with Crippen LogP contribution in [0.4, 0.5) is 0 Å². The maximum absolute atomic E-state index is 2.67. The molecule has 0 radical (unpaired) electrons. The third-order valence-corrected chi connectivity index (χ3v) is 4.76. The summed E-state index contributed by atoms with van der Waals surface area (Å²) in [6.07, 6.45) is 3.97. The standard InChI is InChI=1S/C20H27N/c1-16-7-6-12-21(14-16)15-17(2)13-19-10-5-9-18-8-3-4-11-20(18)19/h3-5,8-11,16-17H,6-7,12-15H2,1-2H3. The molecule has 0 bridgehead atoms. The maximum Gasteiger partial charge on any atom is 0.00103 e. The lowest BCUT2D eigenvalue weighted by molar-refractivity contribution is 0.162. The highest BCUT2D eigenvalue weighted by molar-refractivity contribution is 5.85. The summed E-state index contributed by atoms with van der Waals surface area (Å²) in [5.41, 5.74) is 1.51. The molecule has 2 atom stereocenters. The van der Waals surface area contributed by atoms with E-state index in [0.29, 0.717) is 0 Å². The van der Waals surface area contributed by atoms with Crippen molar-refractivity contribution in [3.63, 3.8) is 0 Å². The Morgan fingerprint density at radius 2 is 1.95 bits per heavy atom. The summed E-state index contributed by atoms with van der Waals surface area (Å²) < 4.78 is 0. The van der Waals surface area contributed by atoms with Gasteiger partial charge in [-0.2, -0.15) is 0 Å². The van der Waals surface area contributed by atoms with Gasteiger partial charge < -0.3 is 4.90 Å². The van der Waals surface area contributed by atoms with E-state index in [9.17, 15) is 0 Å². The molecule has 2 aromatic rings. The van der Waals surface area contributed by atoms with Gasteiger partial charge in [0.2, 0.25) is 0 Å². The van der Waals surface area contributed by atoms with Crippen LogP contribution < -0.4 is 0 Å². The molecular formula is C20H27N. The second kappa shape index (κ2) is 6.62. The van der Waals surface area contributed by atoms with Crippen LogP contribution in [0.25, 0.3) is 10.8 Å². The quantitative estimate of drug-likeness (QED) is 0.781. The molecule has 1 heteroatoms. The number of hydrogen-bond donors (Lipinski definition) is 0. The first-order valence-electron chi connectivity index (χ1n) is 8.41. The summed E-state index contributed by atoms with van der Waals surface area (Å²) in [5.74, 6) is 1.60. The SMILES string of the molecule is CC1CCCN(CC(C)Cc2cccc3ccccc23)C1. The van der Waals surface area contributed by atoms with Gasteiger partial charge in [0.05, 0.1) is 0 Å². The number of rotatable bonds is 4. The number of likely N-dealkylation sites (tertiary alicyclic amines) is 1. The zero-order valence-electron chi connectivity index (χ0n) is 13.4. The summed E-state index contributed by atoms with van der Waals surface area (Å²) in [5, 5.41) is 2.80. The van der Waals surface area contributed by atoms with Gasteiger partial charge in [0.1, 0.15) is 0 Å². The van der Waals surface area contributed by atoms with Crippen LogP contribution in [-0.4, -0.2) is 24.5 Å². The van der Waals surface area contributed by atoms with Crippen LogP contribution in [0.3, 0.4) is 0 Å². The monoisotopic (exact) mass is 281 g/mol. The normalized spacial score (nSPS) is 21.5. The Morgan fingerprint density at radius 3 is 2.81 bits per heavy atom. The van der Waals surface area contributed by atoms with E-state index in [2.05, 4.69) is 61.2 Å². The molecule has 1 aliphatic heterocycles. The molecule has 0 aromatic heterocycles. The topological polar surface area (TPSA) is 3.24 Å². The lowest BCUT2D eigenvalue weighted by Gasteiger charge is -2.32. The number of piperidine rings is 1. The number of fused-ring (bicyclic) bond motifs is 1. The molecule has 0 spiro atoms. The van der Waals surface area contributed by atoms with Crippen molar-refractivity contribution in [2.75, 3.05) is 19.6 Å². The van der Waals surface area contributed by atoms with Gasteiger partial charge >= 0.3 is 0 Å². The molecule has 2 aromatic carbocycles. The Hall–Kier alpha value is -1.34. The smallest absolute Gasteiger partial charge is 0.00103 e. The minimum atomic E-state index is 0.723. The number of benzene rings is 2. The molecule has 0 N–H and O–H groups in total. The van der Waals surface area contributed by atoms with Gasteiger partial charge in [0, 0.05) is 13.1 Å². The second-order valence-electron chi connectivity index (χ2n) is 6.95. The van der Waals surface area contributed by atoms with Crippen LogP contribution in [0.1, 0.15) is 32.3 Å². The fourth-order valence-corrected chi connectivity index (χ4v) is 3.80. The summed E-state index contributed by atoms with van der Waals surface area (Å²) in [7, 11) is 0. The zero-order chi connectivity index (χ0) is 14.7. The van der Waals surface area contributed by atoms with Crippen LogP contribution in [0.15, 0.2) is 42.5 Å². The van der Waals surface area contributed by atoms with Crippen molar-refractivity contribution in [3.8, 4) is 0 Å². The zero-order valence-corrected chi connectivity index (χ0v) is 13.4. The van der Waals surface area contributed by atoms with Crippen molar-refractivity contribution in [3.05, 3.63) is 48.0 Å². The molecule has 21 heavy (non-hydrogen) atoms. The summed E-state index contributed by atoms with van der Waals surface area (Å²) >= 11 is 0. The van der Waals surface area contributed by atoms with Gasteiger partial charge in [-0.1, -0.05) is 56.3 Å². The minimum Gasteiger partial charge on any atom is -0.303 e. The summed E-state index contributed by atoms with van der Waals surface area (Å²) in [4.78, 5) is 2.67. The minimum absolute atomic E-state index is 0.723. The van der Waals surface area contributed by atoms with E-state index in [0.717, 1.165) is 11.8 Å². The largest absolute Gasteiger partial charge is 0.303 e. The fraction of sp³-hybridized carbons (Fsp3) is 0.500. The molecule has 3 rings (SSSR count). The van der Waals surface area contributed by atoms with Crippen LogP contribution in [-0.2, 0) is 6.42 Å². The highest BCUT2D eigenvalue weighted by atomic mass is 15.1. The second-order valence-corrected chi connectivity index (χ2v) is 6.95. The van der Waals surface area contributed by atoms with Crippen LogP contribution in [0.5, 0.6) is 0 Å². The Bertz CT molecular complexity index is 584. The van der Waals surface area contributed by atoms with E-state index in [1.165, 1.54) is 55.2 Å². The van der Waals surface area contributed by atoms with E-state index in [4.69, 9.17) is 0 Å². The molecule has 1 aliphatic rings. The predicted molar refractivity (Wildman–Crippen MR) is 91.7 cm³/mol. The van der Waals surface area contributed by atoms with Crippen molar-refractivity contribution in [1.82, 2.24) is 4.90 Å². The lowest BCUT2D eigenvalue weighted by Crippen LogP contribution is -2.37. The van der Waals surface area contributed by atoms with Crippen molar-refractivity contribution < 1.29 is 0 Å². The molecule has 1 saturated heterocycles. The Kier molecular flexibility index (Phi) is 4.60. The summed E-state index contributed by atoms with van der Waals surface area (Å²) in [6.45, 7) is 8.63. The summed E-state index contributed by atoms with van der Waals surface area (Å²) in [6, 6.07) is 15.5. The molecule has 0 amide bonds. The molecule has 1 nitrogen and oxygen atoms in total. The molecule has 112 valence electrons. The highest BCUT2D eigenvalue weighted by Gasteiger charge is 2.18. The third kappa shape index (κ3) is 3.65. The molecule has 1 heterocycles. The average molecular weight is 281 g/mol. The van der Waals surface area contributed by atoms with Crippen LogP contribution in [0, 0.1) is 11.8 Å². The van der Waals surface area contributed by atoms with E-state index in [-0.39, 0.29) is 0 Å². The predicted octanol–water partition coefficient (Wildman–Crippen LogP) is 4.75. The Morgan fingerprint density at radius 1 is 1.14 bits per heavy atom. The van der Waals surface area contributed by atoms with Gasteiger partial charge in [0.25, 0.3) is 0 Å². The molecule has 0 saturated carbocycles. The first kappa shape index (κ1) is 14.6. The molecule has 2 unspecified atom stereocenters. The van der Waals surface area contributed by atoms with Crippen LogP contribution >= 0.6 is 0 Å². The molecule has 1 fully saturated rings. The number of nitrogens with zero attached hydrogens (tertiary/aromatic N) is 1.